The van der Waals surface area contributed by atoms with Gasteiger partial charge < -0.3 is 29.7 Å². The van der Waals surface area contributed by atoms with E-state index in [1.54, 1.807) is 41.4 Å². The van der Waals surface area contributed by atoms with Crippen LogP contribution in [0.3, 0.4) is 0 Å². The summed E-state index contributed by atoms with van der Waals surface area (Å²) in [6.45, 7) is 12.2. The van der Waals surface area contributed by atoms with Gasteiger partial charge in [0.2, 0.25) is 11.8 Å². The van der Waals surface area contributed by atoms with Crippen LogP contribution in [0.1, 0.15) is 128 Å². The Bertz CT molecular complexity index is 3820. The fourth-order valence-electron chi connectivity index (χ4n) is 12.6. The number of hydrogen-bond donors (Lipinski definition) is 4. The monoisotopic (exact) mass is 1220 g/mol. The van der Waals surface area contributed by atoms with Crippen LogP contribution in [0.4, 0.5) is 17.1 Å². The minimum atomic E-state index is -4.61. The number of sulfonamides is 1. The Morgan fingerprint density at radius 2 is 1.68 bits per heavy atom. The van der Waals surface area contributed by atoms with Gasteiger partial charge in [-0.25, -0.2) is 18.1 Å². The van der Waals surface area contributed by atoms with E-state index in [0.717, 1.165) is 137 Å². The normalized spacial score (nSPS) is 18.5. The van der Waals surface area contributed by atoms with Crippen molar-refractivity contribution in [3.63, 3.8) is 0 Å². The number of unbranched alkanes of at least 4 members (excludes halogenated alkanes) is 4. The molecule has 11 rings (SSSR count). The van der Waals surface area contributed by atoms with Gasteiger partial charge in [0.15, 0.2) is 0 Å². The second-order valence-corrected chi connectivity index (χ2v) is 26.5. The molecule has 1 atom stereocenters. The molecule has 0 saturated carbocycles. The van der Waals surface area contributed by atoms with Crippen molar-refractivity contribution in [2.45, 2.75) is 108 Å². The molecule has 1 aliphatic carbocycles. The van der Waals surface area contributed by atoms with Crippen molar-refractivity contribution in [3.05, 3.63) is 152 Å². The molecule has 4 aliphatic heterocycles. The summed E-state index contributed by atoms with van der Waals surface area (Å²) in [4.78, 5) is 78.8. The Kier molecular flexibility index (Phi) is 18.4. The number of nitrogens with one attached hydrogen (secondary N) is 4. The third-order valence-corrected chi connectivity index (χ3v) is 19.2. The lowest BCUT2D eigenvalue weighted by molar-refractivity contribution is -0.384. The highest BCUT2D eigenvalue weighted by Gasteiger charge is 2.39. The van der Waals surface area contributed by atoms with Crippen LogP contribution in [0.2, 0.25) is 5.02 Å². The molecule has 6 heterocycles. The van der Waals surface area contributed by atoms with Gasteiger partial charge in [0.05, 0.1) is 21.6 Å². The average molecular weight is 1220 g/mol. The number of allylic oxidation sites excluding steroid dienone is 1. The van der Waals surface area contributed by atoms with E-state index in [-0.39, 0.29) is 46.6 Å². The molecule has 0 radical (unpaired) electrons. The number of aromatic amines is 1. The Hall–Kier alpha value is -8.09. The van der Waals surface area contributed by atoms with Gasteiger partial charge in [-0.15, -0.1) is 0 Å². The minimum absolute atomic E-state index is 0.0484. The first-order valence-corrected chi connectivity index (χ1v) is 32.1. The van der Waals surface area contributed by atoms with Crippen LogP contribution >= 0.6 is 11.6 Å². The number of carbonyl (C=O) groups is 4. The van der Waals surface area contributed by atoms with E-state index in [2.05, 4.69) is 77.8 Å². The van der Waals surface area contributed by atoms with Crippen LogP contribution < -0.4 is 25.0 Å². The number of rotatable bonds is 20. The molecule has 0 spiro atoms. The summed E-state index contributed by atoms with van der Waals surface area (Å²) < 4.78 is 36.5. The number of imide groups is 1. The number of benzene rings is 4. The largest absolute Gasteiger partial charge is 0.455 e. The number of nitro groups is 1. The molecule has 6 aromatic rings. The molecule has 21 heteroatoms. The molecule has 1 unspecified atom stereocenters. The summed E-state index contributed by atoms with van der Waals surface area (Å²) in [6, 6.07) is 25.4. The number of pyridine rings is 1. The average Bonchev–Trinajstić information content (AvgIpc) is 2.60. The van der Waals surface area contributed by atoms with Gasteiger partial charge >= 0.3 is 0 Å². The molecular weight excluding hydrogens is 1140 g/mol. The number of nitrogens with zero attached hydrogens (tertiary/aromatic N) is 6. The van der Waals surface area contributed by atoms with Crippen molar-refractivity contribution in [2.24, 2.45) is 11.3 Å². The lowest BCUT2D eigenvalue weighted by atomic mass is 9.72. The first-order chi connectivity index (χ1) is 41.9. The molecule has 3 fully saturated rings. The summed E-state index contributed by atoms with van der Waals surface area (Å²) in [5.41, 5.74) is 7.70. The van der Waals surface area contributed by atoms with E-state index in [1.807, 2.05) is 30.3 Å². The zero-order valence-corrected chi connectivity index (χ0v) is 50.7. The molecule has 4 amide bonds. The molecule has 2 aromatic heterocycles. The second kappa shape index (κ2) is 26.5. The highest BCUT2D eigenvalue weighted by Crippen LogP contribution is 2.44. The summed E-state index contributed by atoms with van der Waals surface area (Å²) in [7, 11) is -4.61. The number of carbonyl (C=O) groups excluding carboxylic acids is 4. The molecular formula is C66H73ClN10O9S. The van der Waals surface area contributed by atoms with Crippen molar-refractivity contribution in [1.29, 1.82) is 0 Å². The molecule has 3 saturated heterocycles. The van der Waals surface area contributed by atoms with Gasteiger partial charge in [-0.05, 0) is 166 Å². The first kappa shape index (κ1) is 60.6. The number of aromatic nitrogens is 2. The Balaban J connectivity index is 0.651. The van der Waals surface area contributed by atoms with E-state index in [9.17, 15) is 37.7 Å². The third kappa shape index (κ3) is 14.7. The number of likely N-dealkylation sites (tertiary alicyclic amines) is 1. The van der Waals surface area contributed by atoms with Crippen LogP contribution in [-0.4, -0.2) is 127 Å². The van der Waals surface area contributed by atoms with Crippen molar-refractivity contribution < 1.29 is 37.3 Å². The molecule has 19 nitrogen and oxygen atoms in total. The predicted molar refractivity (Wildman–Crippen MR) is 335 cm³/mol. The van der Waals surface area contributed by atoms with E-state index >= 15 is 0 Å². The van der Waals surface area contributed by atoms with E-state index in [1.165, 1.54) is 35.0 Å². The third-order valence-electron chi connectivity index (χ3n) is 17.6. The second-order valence-electron chi connectivity index (χ2n) is 24.3. The van der Waals surface area contributed by atoms with E-state index in [0.29, 0.717) is 49.6 Å². The molecule has 5 aliphatic rings. The first-order valence-electron chi connectivity index (χ1n) is 30.2. The number of H-pyrrole nitrogens is 1. The number of piperidine rings is 2. The standard InChI is InChI=1S/C66H73ClN10O9S/c1-66(2)26-22-48(56(39-66)46-11-13-50(67)14-12-46)42-74-31-33-75(34-32-74)51-15-18-55(60(37-51)86-52-36-47-23-27-68-62(47)70-41-52)63(79)72-87(84,85)53-16-19-57(59(38-53)77(82)83)69-40-45-24-29-73(30-25-45)28-8-6-4-3-5-7-9-44-10-17-54-49(35-44)43-76(65(54)81)58-20-21-61(78)71-64(58)80/h10-19,23,27,35-38,41,45,58,69H,3-6,8,20-22,24-26,28-34,39-40,42-43H2,1-2H3,(H,68,70)(H,72,79)(H,71,78,80). The summed E-state index contributed by atoms with van der Waals surface area (Å²) in [5.74, 6) is 5.32. The minimum Gasteiger partial charge on any atom is -0.455 e. The van der Waals surface area contributed by atoms with Gasteiger partial charge in [-0.3, -0.25) is 39.5 Å². The van der Waals surface area contributed by atoms with Gasteiger partial charge in [-0.1, -0.05) is 67.8 Å². The molecule has 0 bridgehead atoms. The maximum absolute atomic E-state index is 14.2. The lowest BCUT2D eigenvalue weighted by Crippen LogP contribution is -2.52. The van der Waals surface area contributed by atoms with Crippen LogP contribution in [0.5, 0.6) is 11.5 Å². The SMILES string of the molecule is CC1(C)CCC(CN2CCN(c3ccc(C(=O)NS(=O)(=O)c4ccc(NCC5CCN(CCCCCCC#Cc6ccc7c(c6)CN(C6CCC(=O)NC6=O)C7=O)CC5)c([N+](=O)[O-])c4)c(Oc4cnc5[nH]ccc5c4)c3)CC2)=C(c2ccc(Cl)cc2)C1. The molecule has 87 heavy (non-hydrogen) atoms. The van der Waals surface area contributed by atoms with Crippen molar-refractivity contribution in [1.82, 2.24) is 34.7 Å². The maximum Gasteiger partial charge on any atom is 0.293 e. The van der Waals surface area contributed by atoms with Crippen molar-refractivity contribution in [2.75, 3.05) is 69.1 Å². The smallest absolute Gasteiger partial charge is 0.293 e. The maximum atomic E-state index is 14.2. The zero-order chi connectivity index (χ0) is 60.8. The number of nitro benzene ring substituents is 1. The van der Waals surface area contributed by atoms with E-state index < -0.39 is 43.4 Å². The summed E-state index contributed by atoms with van der Waals surface area (Å²) in [6.07, 6.45) is 13.7. The van der Waals surface area contributed by atoms with Gasteiger partial charge in [0, 0.05) is 104 Å². The van der Waals surface area contributed by atoms with Gasteiger partial charge in [-0.2, -0.15) is 0 Å². The zero-order valence-electron chi connectivity index (χ0n) is 49.2. The van der Waals surface area contributed by atoms with Crippen molar-refractivity contribution >= 4 is 78.9 Å². The number of anilines is 2. The molecule has 454 valence electrons. The van der Waals surface area contributed by atoms with Crippen LogP contribution in [0.25, 0.3) is 16.6 Å². The predicted octanol–water partition coefficient (Wildman–Crippen LogP) is 10.7. The number of ether oxygens (including phenoxy) is 1. The van der Waals surface area contributed by atoms with E-state index in [4.69, 9.17) is 16.3 Å². The number of amides is 4. The van der Waals surface area contributed by atoms with Crippen LogP contribution in [-0.2, 0) is 26.2 Å². The Morgan fingerprint density at radius 3 is 2.46 bits per heavy atom. The van der Waals surface area contributed by atoms with Crippen LogP contribution in [0.15, 0.2) is 114 Å². The summed E-state index contributed by atoms with van der Waals surface area (Å²) >= 11 is 6.27. The van der Waals surface area contributed by atoms with Crippen molar-refractivity contribution in [3.8, 4) is 23.3 Å². The topological polar surface area (TPSA) is 233 Å². The number of halogens is 1. The molecule has 4 N–H and O–H groups in total. The summed E-state index contributed by atoms with van der Waals surface area (Å²) in [5, 5.41) is 19.5. The van der Waals surface area contributed by atoms with Gasteiger partial charge in [0.25, 0.3) is 27.5 Å². The van der Waals surface area contributed by atoms with Gasteiger partial charge in [0.1, 0.15) is 28.9 Å². The fraction of sp³-hybridized carbons (Fsp3) is 0.409. The molecule has 4 aromatic carbocycles. The quantitative estimate of drug-likeness (QED) is 0.0183. The fourth-order valence-corrected chi connectivity index (χ4v) is 13.7. The Morgan fingerprint density at radius 1 is 0.885 bits per heavy atom. The number of hydrogen-bond acceptors (Lipinski definition) is 14. The highest BCUT2D eigenvalue weighted by molar-refractivity contribution is 7.90. The Labute approximate surface area is 512 Å². The number of piperazine rings is 1. The van der Waals surface area contributed by atoms with Crippen LogP contribution in [0, 0.1) is 33.3 Å². The highest BCUT2D eigenvalue weighted by atomic mass is 35.5. The number of fused-ring (bicyclic) bond motifs is 2. The lowest BCUT2D eigenvalue weighted by Gasteiger charge is -2.39.